The molecule has 9 aromatic rings. The second-order valence-electron chi connectivity index (χ2n) is 10.6. The normalized spacial score (nSPS) is 13.3. The molecule has 1 heteroatoms. The summed E-state index contributed by atoms with van der Waals surface area (Å²) >= 11 is 0. The Morgan fingerprint density at radius 2 is 1.00 bits per heavy atom. The molecule has 41 heavy (non-hydrogen) atoms. The second kappa shape index (κ2) is 8.55. The molecule has 0 aliphatic carbocycles. The molecular weight excluding hydrogens is 496 g/mol. The summed E-state index contributed by atoms with van der Waals surface area (Å²) in [6, 6.07) is 41.6. The van der Waals surface area contributed by atoms with Gasteiger partial charge < -0.3 is 4.42 Å². The highest BCUT2D eigenvalue weighted by atomic mass is 16.3. The number of hydrogen-bond acceptors (Lipinski definition) is 1. The molecule has 0 fully saturated rings. The summed E-state index contributed by atoms with van der Waals surface area (Å²) in [5, 5.41) is 9.70. The third-order valence-corrected chi connectivity index (χ3v) is 8.34. The molecule has 1 heterocycles. The SMILES string of the molecule is [2H]c1c([2H])c([2H])c2c(ccc3c4cc(-c5c6ccccc6c(-c6ccc7ccccc7c6)c6ccccc56)ccc4oc32)c1[2H]. The lowest BCUT2D eigenvalue weighted by atomic mass is 9.85. The molecule has 0 saturated heterocycles. The van der Waals surface area contributed by atoms with Gasteiger partial charge in [-0.2, -0.15) is 0 Å². The minimum Gasteiger partial charge on any atom is -0.455 e. The summed E-state index contributed by atoms with van der Waals surface area (Å²) in [7, 11) is 0. The molecule has 0 aliphatic heterocycles. The van der Waals surface area contributed by atoms with E-state index in [0.717, 1.165) is 32.7 Å². The van der Waals surface area contributed by atoms with Crippen molar-refractivity contribution in [2.24, 2.45) is 0 Å². The standard InChI is InChI=1S/C40H24O/c1-2-11-27-23-28(18-17-25(27)9-1)38-31-13-5-7-15-33(31)39(34-16-8-6-14-32(34)38)29-20-22-37-36(24-29)35-21-19-26-10-3-4-12-30(26)40(35)41-37/h1-24H/i3D,4D,10D,12D. The van der Waals surface area contributed by atoms with Crippen molar-refractivity contribution in [3.8, 4) is 22.3 Å². The van der Waals surface area contributed by atoms with Crippen LogP contribution in [0.5, 0.6) is 0 Å². The Bertz CT molecular complexity index is 2650. The number of rotatable bonds is 2. The van der Waals surface area contributed by atoms with Gasteiger partial charge >= 0.3 is 0 Å². The van der Waals surface area contributed by atoms with E-state index in [1.807, 2.05) is 12.1 Å². The van der Waals surface area contributed by atoms with Crippen LogP contribution >= 0.6 is 0 Å². The Morgan fingerprint density at radius 3 is 1.73 bits per heavy atom. The van der Waals surface area contributed by atoms with E-state index >= 15 is 0 Å². The molecule has 190 valence electrons. The highest BCUT2D eigenvalue weighted by molar-refractivity contribution is 6.23. The average molecular weight is 525 g/mol. The van der Waals surface area contributed by atoms with Crippen LogP contribution in [-0.4, -0.2) is 0 Å². The van der Waals surface area contributed by atoms with Crippen molar-refractivity contribution in [1.82, 2.24) is 0 Å². The van der Waals surface area contributed by atoms with Crippen LogP contribution in [-0.2, 0) is 0 Å². The fraction of sp³-hybridized carbons (Fsp3) is 0. The monoisotopic (exact) mass is 524 g/mol. The fourth-order valence-electron chi connectivity index (χ4n) is 6.51. The smallest absolute Gasteiger partial charge is 0.143 e. The maximum absolute atomic E-state index is 8.62. The molecule has 0 unspecified atom stereocenters. The summed E-state index contributed by atoms with van der Waals surface area (Å²) in [6.07, 6.45) is 0. The van der Waals surface area contributed by atoms with Crippen molar-refractivity contribution in [2.45, 2.75) is 0 Å². The van der Waals surface area contributed by atoms with Gasteiger partial charge in [0, 0.05) is 16.2 Å². The van der Waals surface area contributed by atoms with Crippen molar-refractivity contribution in [2.75, 3.05) is 0 Å². The molecule has 0 bridgehead atoms. The van der Waals surface area contributed by atoms with E-state index in [4.69, 9.17) is 9.90 Å². The first-order valence-corrected chi connectivity index (χ1v) is 13.8. The lowest BCUT2D eigenvalue weighted by molar-refractivity contribution is 0.672. The number of hydrogen-bond donors (Lipinski definition) is 0. The lowest BCUT2D eigenvalue weighted by Crippen LogP contribution is -1.91. The van der Waals surface area contributed by atoms with Gasteiger partial charge in [0.05, 0.1) is 5.48 Å². The molecular formula is C40H24O. The third-order valence-electron chi connectivity index (χ3n) is 8.34. The van der Waals surface area contributed by atoms with Crippen molar-refractivity contribution in [1.29, 1.82) is 0 Å². The fourth-order valence-corrected chi connectivity index (χ4v) is 6.51. The molecule has 8 aromatic carbocycles. The molecule has 0 spiro atoms. The van der Waals surface area contributed by atoms with Crippen molar-refractivity contribution >= 4 is 65.0 Å². The van der Waals surface area contributed by atoms with Gasteiger partial charge in [0.1, 0.15) is 11.2 Å². The molecule has 1 nitrogen and oxygen atoms in total. The Labute approximate surface area is 242 Å². The number of fused-ring (bicyclic) bond motifs is 8. The summed E-state index contributed by atoms with van der Waals surface area (Å²) in [4.78, 5) is 0. The first-order valence-electron chi connectivity index (χ1n) is 15.8. The van der Waals surface area contributed by atoms with E-state index < -0.39 is 0 Å². The van der Waals surface area contributed by atoms with Crippen LogP contribution in [0, 0.1) is 0 Å². The average Bonchev–Trinajstić information content (AvgIpc) is 3.46. The molecule has 0 amide bonds. The Kier molecular flexibility index (Phi) is 3.92. The van der Waals surface area contributed by atoms with Crippen LogP contribution in [0.4, 0.5) is 0 Å². The van der Waals surface area contributed by atoms with Gasteiger partial charge in [-0.1, -0.05) is 121 Å². The van der Waals surface area contributed by atoms with Crippen LogP contribution in [0.15, 0.2) is 150 Å². The van der Waals surface area contributed by atoms with Gasteiger partial charge in [0.2, 0.25) is 0 Å². The summed E-state index contributed by atoms with van der Waals surface area (Å²) in [6.45, 7) is 0. The predicted octanol–water partition coefficient (Wildman–Crippen LogP) is 11.5. The van der Waals surface area contributed by atoms with Gasteiger partial charge in [0.25, 0.3) is 0 Å². The number of furan rings is 1. The zero-order valence-electron chi connectivity index (χ0n) is 26.0. The van der Waals surface area contributed by atoms with Crippen LogP contribution in [0.3, 0.4) is 0 Å². The van der Waals surface area contributed by atoms with E-state index in [2.05, 4.69) is 103 Å². The summed E-state index contributed by atoms with van der Waals surface area (Å²) < 4.78 is 39.7. The Balaban J connectivity index is 1.35. The Morgan fingerprint density at radius 1 is 0.415 bits per heavy atom. The van der Waals surface area contributed by atoms with Crippen molar-refractivity contribution in [3.05, 3.63) is 145 Å². The van der Waals surface area contributed by atoms with Gasteiger partial charge in [-0.3, -0.25) is 0 Å². The van der Waals surface area contributed by atoms with Crippen LogP contribution < -0.4 is 0 Å². The third kappa shape index (κ3) is 3.30. The predicted molar refractivity (Wildman–Crippen MR) is 175 cm³/mol. The molecule has 1 aromatic heterocycles. The van der Waals surface area contributed by atoms with Gasteiger partial charge in [0.15, 0.2) is 0 Å². The molecule has 0 atom stereocenters. The molecule has 0 saturated carbocycles. The minimum absolute atomic E-state index is 0.0570. The topological polar surface area (TPSA) is 13.1 Å². The van der Waals surface area contributed by atoms with Gasteiger partial charge in [-0.25, -0.2) is 0 Å². The van der Waals surface area contributed by atoms with E-state index in [9.17, 15) is 0 Å². The molecule has 0 N–H and O–H groups in total. The van der Waals surface area contributed by atoms with Crippen molar-refractivity contribution < 1.29 is 9.90 Å². The van der Waals surface area contributed by atoms with E-state index in [0.29, 0.717) is 21.9 Å². The van der Waals surface area contributed by atoms with Gasteiger partial charge in [-0.05, 0) is 84.2 Å². The van der Waals surface area contributed by atoms with E-state index in [1.165, 1.54) is 32.7 Å². The van der Waals surface area contributed by atoms with Crippen LogP contribution in [0.25, 0.3) is 87.3 Å². The molecule has 0 radical (unpaired) electrons. The maximum Gasteiger partial charge on any atom is 0.143 e. The number of benzene rings is 8. The van der Waals surface area contributed by atoms with Crippen LogP contribution in [0.2, 0.25) is 0 Å². The maximum atomic E-state index is 8.62. The van der Waals surface area contributed by atoms with Crippen molar-refractivity contribution in [3.63, 3.8) is 0 Å². The van der Waals surface area contributed by atoms with E-state index in [-0.39, 0.29) is 24.2 Å². The highest BCUT2D eigenvalue weighted by Gasteiger charge is 2.18. The van der Waals surface area contributed by atoms with E-state index in [1.54, 1.807) is 6.07 Å². The quantitative estimate of drug-likeness (QED) is 0.205. The first kappa shape index (κ1) is 18.8. The lowest BCUT2D eigenvalue weighted by Gasteiger charge is -2.18. The molecule has 0 aliphatic rings. The zero-order chi connectivity index (χ0) is 30.4. The zero-order valence-corrected chi connectivity index (χ0v) is 22.0. The molecule has 9 rings (SSSR count). The highest BCUT2D eigenvalue weighted by Crippen LogP contribution is 2.45. The van der Waals surface area contributed by atoms with Gasteiger partial charge in [-0.15, -0.1) is 0 Å². The van der Waals surface area contributed by atoms with Crippen LogP contribution in [0.1, 0.15) is 5.48 Å². The minimum atomic E-state index is -0.259. The Hall–Kier alpha value is -5.40. The first-order chi connectivity index (χ1) is 22.0. The summed E-state index contributed by atoms with van der Waals surface area (Å²) in [5.74, 6) is 0. The summed E-state index contributed by atoms with van der Waals surface area (Å²) in [5.41, 5.74) is 5.75. The largest absolute Gasteiger partial charge is 0.455 e. The second-order valence-corrected chi connectivity index (χ2v) is 10.6.